The molecule has 6 nitrogen and oxygen atoms in total. The minimum Gasteiger partial charge on any atom is -0.316 e. The maximum absolute atomic E-state index is 13.4. The van der Waals surface area contributed by atoms with Gasteiger partial charge in [-0.3, -0.25) is 14.5 Å². The number of para-hydroxylation sites is 1. The molecule has 0 N–H and O–H groups in total. The van der Waals surface area contributed by atoms with Gasteiger partial charge in [0.2, 0.25) is 0 Å². The zero-order valence-corrected chi connectivity index (χ0v) is 19.9. The van der Waals surface area contributed by atoms with E-state index >= 15 is 0 Å². The van der Waals surface area contributed by atoms with Crippen LogP contribution in [-0.2, 0) is 20.0 Å². The van der Waals surface area contributed by atoms with Gasteiger partial charge in [0.05, 0.1) is 17.1 Å². The molecular formula is C27H25N5OS. The van der Waals surface area contributed by atoms with E-state index in [-0.39, 0.29) is 5.56 Å². The second-order valence-electron chi connectivity index (χ2n) is 8.01. The highest BCUT2D eigenvalue weighted by atomic mass is 32.1. The topological polar surface area (TPSA) is 57.1 Å². The summed E-state index contributed by atoms with van der Waals surface area (Å²) in [6.45, 7) is 2.64. The molecule has 0 aliphatic heterocycles. The zero-order valence-electron chi connectivity index (χ0n) is 19.1. The maximum atomic E-state index is 13.4. The van der Waals surface area contributed by atoms with E-state index in [1.54, 1.807) is 16.0 Å². The number of aryl methyl sites for hydroxylation is 1. The Morgan fingerprint density at radius 3 is 2.35 bits per heavy atom. The Labute approximate surface area is 201 Å². The first kappa shape index (κ1) is 21.9. The van der Waals surface area contributed by atoms with Crippen molar-refractivity contribution in [2.24, 2.45) is 12.0 Å². The smallest absolute Gasteiger partial charge is 0.297 e. The van der Waals surface area contributed by atoms with Crippen molar-refractivity contribution in [1.29, 1.82) is 0 Å². The molecule has 3 heterocycles. The van der Waals surface area contributed by atoms with Gasteiger partial charge in [0.25, 0.3) is 5.56 Å². The van der Waals surface area contributed by atoms with Crippen LogP contribution < -0.4 is 10.4 Å². The summed E-state index contributed by atoms with van der Waals surface area (Å²) in [5, 5.41) is 2.11. The third-order valence-electron chi connectivity index (χ3n) is 5.92. The van der Waals surface area contributed by atoms with Crippen molar-refractivity contribution < 1.29 is 0 Å². The average molecular weight is 468 g/mol. The summed E-state index contributed by atoms with van der Waals surface area (Å²) in [6.07, 6.45) is 2.59. The van der Waals surface area contributed by atoms with Crippen LogP contribution in [0.5, 0.6) is 0 Å². The van der Waals surface area contributed by atoms with Gasteiger partial charge < -0.3 is 4.57 Å². The molecule has 0 aliphatic carbocycles. The lowest BCUT2D eigenvalue weighted by Crippen LogP contribution is -2.20. The molecule has 0 atom stereocenters. The Hall–Kier alpha value is -3.97. The predicted octanol–water partition coefficient (Wildman–Crippen LogP) is 4.88. The first-order chi connectivity index (χ1) is 16.6. The number of pyridine rings is 1. The minimum absolute atomic E-state index is 0.128. The molecule has 0 radical (unpaired) electrons. The summed E-state index contributed by atoms with van der Waals surface area (Å²) in [4.78, 5) is 23.6. The lowest BCUT2D eigenvalue weighted by Gasteiger charge is -2.09. The van der Waals surface area contributed by atoms with Crippen LogP contribution in [0, 0.1) is 6.92 Å². The maximum Gasteiger partial charge on any atom is 0.297 e. The van der Waals surface area contributed by atoms with Gasteiger partial charge in [-0.1, -0.05) is 54.6 Å². The number of thiazole rings is 1. The number of rotatable bonds is 6. The fourth-order valence-corrected chi connectivity index (χ4v) is 4.97. The fraction of sp³-hybridized carbons (Fsp3) is 0.148. The Balaban J connectivity index is 1.64. The third kappa shape index (κ3) is 4.18. The van der Waals surface area contributed by atoms with E-state index in [0.717, 1.165) is 39.6 Å². The molecule has 0 bridgehead atoms. The summed E-state index contributed by atoms with van der Waals surface area (Å²) >= 11 is 1.55. The molecule has 34 heavy (non-hydrogen) atoms. The lowest BCUT2D eigenvalue weighted by atomic mass is 10.1. The van der Waals surface area contributed by atoms with E-state index in [1.165, 1.54) is 0 Å². The van der Waals surface area contributed by atoms with Crippen molar-refractivity contribution in [3.8, 4) is 16.9 Å². The van der Waals surface area contributed by atoms with Crippen molar-refractivity contribution in [3.63, 3.8) is 0 Å². The number of hydrogen-bond donors (Lipinski definition) is 0. The predicted molar refractivity (Wildman–Crippen MR) is 137 cm³/mol. The van der Waals surface area contributed by atoms with Crippen LogP contribution in [-0.4, -0.2) is 18.9 Å². The van der Waals surface area contributed by atoms with Crippen LogP contribution in [0.1, 0.15) is 11.4 Å². The normalized spacial score (nSPS) is 11.8. The second kappa shape index (κ2) is 9.49. The number of benzene rings is 2. The quantitative estimate of drug-likeness (QED) is 0.357. The molecule has 170 valence electrons. The third-order valence-corrected chi connectivity index (χ3v) is 6.78. The molecule has 0 saturated carbocycles. The van der Waals surface area contributed by atoms with E-state index in [2.05, 4.69) is 27.1 Å². The van der Waals surface area contributed by atoms with Gasteiger partial charge in [0, 0.05) is 37.3 Å². The summed E-state index contributed by atoms with van der Waals surface area (Å²) in [6, 6.07) is 25.9. The number of aromatic nitrogens is 4. The largest absolute Gasteiger partial charge is 0.316 e. The van der Waals surface area contributed by atoms with E-state index < -0.39 is 0 Å². The van der Waals surface area contributed by atoms with Crippen LogP contribution >= 0.6 is 11.3 Å². The molecule has 0 unspecified atom stereocenters. The molecule has 0 fully saturated rings. The Morgan fingerprint density at radius 2 is 1.65 bits per heavy atom. The molecular weight excluding hydrogens is 442 g/mol. The summed E-state index contributed by atoms with van der Waals surface area (Å²) in [7, 11) is 1.89. The molecule has 0 spiro atoms. The van der Waals surface area contributed by atoms with Gasteiger partial charge in [-0.25, -0.2) is 9.67 Å². The van der Waals surface area contributed by atoms with Crippen molar-refractivity contribution >= 4 is 17.0 Å². The molecule has 3 aromatic heterocycles. The first-order valence-electron chi connectivity index (χ1n) is 11.2. The van der Waals surface area contributed by atoms with Crippen LogP contribution in [0.2, 0.25) is 0 Å². The Kier molecular flexibility index (Phi) is 6.10. The van der Waals surface area contributed by atoms with E-state index in [1.807, 2.05) is 91.6 Å². The van der Waals surface area contributed by atoms with Crippen molar-refractivity contribution in [2.75, 3.05) is 0 Å². The number of hydrogen-bond acceptors (Lipinski definition) is 4. The van der Waals surface area contributed by atoms with Crippen LogP contribution in [0.15, 0.2) is 100 Å². The van der Waals surface area contributed by atoms with Gasteiger partial charge in [0.15, 0.2) is 10.5 Å². The van der Waals surface area contributed by atoms with E-state index in [0.29, 0.717) is 12.2 Å². The minimum atomic E-state index is -0.128. The highest BCUT2D eigenvalue weighted by Gasteiger charge is 2.17. The average Bonchev–Trinajstić information content (AvgIpc) is 3.38. The van der Waals surface area contributed by atoms with Crippen molar-refractivity contribution in [1.82, 2.24) is 18.9 Å². The van der Waals surface area contributed by atoms with Crippen LogP contribution in [0.3, 0.4) is 0 Å². The van der Waals surface area contributed by atoms with Crippen molar-refractivity contribution in [3.05, 3.63) is 117 Å². The lowest BCUT2D eigenvalue weighted by molar-refractivity contribution is 0.630. The van der Waals surface area contributed by atoms with Crippen molar-refractivity contribution in [2.45, 2.75) is 19.9 Å². The Morgan fingerprint density at radius 1 is 0.941 bits per heavy atom. The van der Waals surface area contributed by atoms with E-state index in [4.69, 9.17) is 4.99 Å². The van der Waals surface area contributed by atoms with Gasteiger partial charge in [-0.2, -0.15) is 0 Å². The summed E-state index contributed by atoms with van der Waals surface area (Å²) < 4.78 is 5.71. The zero-order chi connectivity index (χ0) is 23.5. The molecule has 7 heteroatoms. The second-order valence-corrected chi connectivity index (χ2v) is 8.85. The van der Waals surface area contributed by atoms with Gasteiger partial charge in [0.1, 0.15) is 0 Å². The van der Waals surface area contributed by atoms with Crippen LogP contribution in [0.25, 0.3) is 16.9 Å². The summed E-state index contributed by atoms with van der Waals surface area (Å²) in [5.74, 6) is 0. The molecule has 5 aromatic rings. The standard InChI is InChI=1S/C27H25N5OS/c1-20-25(26(33)32(30(20)2)23-14-7-4-8-15-23)29-27-31(18-16-22-13-9-10-17-28-22)24(19-34-27)21-11-5-3-6-12-21/h3-15,17,19H,16,18H2,1-2H3. The van der Waals surface area contributed by atoms with Gasteiger partial charge >= 0.3 is 0 Å². The SMILES string of the molecule is Cc1c(N=c2scc(-c3ccccc3)n2CCc2ccccn2)c(=O)n(-c2ccccc2)n1C. The highest BCUT2D eigenvalue weighted by molar-refractivity contribution is 7.07. The van der Waals surface area contributed by atoms with Gasteiger partial charge in [-0.05, 0) is 36.8 Å². The first-order valence-corrected chi connectivity index (χ1v) is 12.0. The molecule has 0 saturated heterocycles. The van der Waals surface area contributed by atoms with E-state index in [9.17, 15) is 4.79 Å². The van der Waals surface area contributed by atoms with Crippen LogP contribution in [0.4, 0.5) is 5.69 Å². The summed E-state index contributed by atoms with van der Waals surface area (Å²) in [5.41, 5.74) is 5.19. The molecule has 5 rings (SSSR count). The molecule has 0 amide bonds. The van der Waals surface area contributed by atoms with Gasteiger partial charge in [-0.15, -0.1) is 11.3 Å². The molecule has 2 aromatic carbocycles. The fourth-order valence-electron chi connectivity index (χ4n) is 4.03. The highest BCUT2D eigenvalue weighted by Crippen LogP contribution is 2.22. The Bertz CT molecular complexity index is 1530. The molecule has 0 aliphatic rings. The number of nitrogens with zero attached hydrogens (tertiary/aromatic N) is 5. The monoisotopic (exact) mass is 467 g/mol.